The quantitative estimate of drug-likeness (QED) is 0.0589. The number of likely N-dealkylation sites (tertiary alicyclic amines) is 1. The Morgan fingerprint density at radius 3 is 2.38 bits per heavy atom. The summed E-state index contributed by atoms with van der Waals surface area (Å²) in [6.45, 7) is 5.08. The van der Waals surface area contributed by atoms with E-state index in [1.54, 1.807) is 18.4 Å². The van der Waals surface area contributed by atoms with Gasteiger partial charge in [-0.05, 0) is 100 Å². The van der Waals surface area contributed by atoms with Gasteiger partial charge in [-0.15, -0.1) is 11.3 Å². The first kappa shape index (κ1) is 50.0. The molecule has 2 amide bonds. The molecule has 0 spiro atoms. The smallest absolute Gasteiger partial charge is 0.246 e. The Kier molecular flexibility index (Phi) is 16.9. The summed E-state index contributed by atoms with van der Waals surface area (Å²) in [5, 5.41) is 19.6. The number of ether oxygens (including phenoxy) is 3. The van der Waals surface area contributed by atoms with Crippen LogP contribution in [0.25, 0.3) is 33.3 Å². The molecule has 1 unspecified atom stereocenters. The first-order valence-electron chi connectivity index (χ1n) is 25.7. The van der Waals surface area contributed by atoms with Gasteiger partial charge < -0.3 is 40.0 Å². The molecule has 3 atom stereocenters. The number of nitrogens with zero attached hydrogens (tertiary/aromatic N) is 7. The molecule has 0 bridgehead atoms. The Labute approximate surface area is 422 Å². The number of nitrogens with one attached hydrogen (secondary N) is 3. The predicted molar refractivity (Wildman–Crippen MR) is 281 cm³/mol. The molecule has 3 aliphatic rings. The van der Waals surface area contributed by atoms with Crippen molar-refractivity contribution in [3.05, 3.63) is 101 Å². The fourth-order valence-electron chi connectivity index (χ4n) is 10.5. The number of hydrogen-bond acceptors (Lipinski definition) is 13. The Morgan fingerprint density at radius 1 is 0.817 bits per heavy atom. The summed E-state index contributed by atoms with van der Waals surface area (Å²) >= 11 is 1.61. The number of carbonyl (C=O) groups excluding carboxylic acids is 2. The van der Waals surface area contributed by atoms with E-state index in [0.29, 0.717) is 45.5 Å². The highest BCUT2D eigenvalue weighted by Crippen LogP contribution is 2.40. The Bertz CT molecular complexity index is 2680. The van der Waals surface area contributed by atoms with Crippen LogP contribution < -0.4 is 25.6 Å². The fourth-order valence-corrected chi connectivity index (χ4v) is 11.5. The first-order valence-corrected chi connectivity index (χ1v) is 26.6. The summed E-state index contributed by atoms with van der Waals surface area (Å²) in [5.41, 5.74) is 4.92. The van der Waals surface area contributed by atoms with Crippen LogP contribution in [-0.4, -0.2) is 120 Å². The molecule has 2 saturated carbocycles. The van der Waals surface area contributed by atoms with Crippen LogP contribution in [0.1, 0.15) is 94.2 Å². The molecule has 6 aromatic rings. The average molecular weight is 983 g/mol. The SMILES string of the molecule is CN[C@@H](C)C(=O)NC(C(=O)N1CCC[C@H]1c1nc(-c2ccc(OCCOCCO[C@H]3CC[C@H](Nc4nccc(-c5cnn(Cc6ccccc6)c5N(C)C)n4)CC3)c3ccccc23)cs1)C1CCCCC1. The second kappa shape index (κ2) is 24.0. The van der Waals surface area contributed by atoms with Crippen molar-refractivity contribution in [3.8, 4) is 28.3 Å². The van der Waals surface area contributed by atoms with Gasteiger partial charge in [0.1, 0.15) is 29.2 Å². The van der Waals surface area contributed by atoms with Gasteiger partial charge in [-0.1, -0.05) is 73.9 Å². The number of carbonyl (C=O) groups is 2. The van der Waals surface area contributed by atoms with E-state index in [0.717, 1.165) is 114 Å². The van der Waals surface area contributed by atoms with Crippen LogP contribution in [-0.2, 0) is 25.6 Å². The van der Waals surface area contributed by atoms with E-state index < -0.39 is 6.04 Å². The van der Waals surface area contributed by atoms with E-state index in [4.69, 9.17) is 29.3 Å². The van der Waals surface area contributed by atoms with Crippen molar-refractivity contribution in [2.75, 3.05) is 64.3 Å². The standard InChI is InChI=1S/C55H70N10O5S/c1-37(56-2)51(66)62-50(39-16-9-6-10-17-39)54(67)64-29-13-20-48(64)52-60-47(36-71-52)43-25-26-49(44-19-12-11-18-42(43)44)70-33-31-68-30-32-69-41-23-21-40(22-24-41)59-55-57-28-27-46(61-55)45-34-58-65(53(45)63(3)4)35-38-14-7-5-8-15-38/h5,7-8,11-12,14-15,18-19,25-28,34,36-37,39-41,48,50,56H,6,9-10,13,16-17,20-24,29-33,35H2,1-4H3,(H,62,66)(H,57,59,61)/t37-,40-,41-,48-,50?/m0/s1. The van der Waals surface area contributed by atoms with Crippen molar-refractivity contribution in [1.82, 2.24) is 40.3 Å². The Balaban J connectivity index is 0.722. The number of thiazole rings is 1. The average Bonchev–Trinajstić information content (AvgIpc) is 4.20. The van der Waals surface area contributed by atoms with E-state index in [1.807, 2.05) is 73.3 Å². The van der Waals surface area contributed by atoms with E-state index in [1.165, 1.54) is 12.0 Å². The zero-order chi connectivity index (χ0) is 49.1. The zero-order valence-corrected chi connectivity index (χ0v) is 42.5. The van der Waals surface area contributed by atoms with Crippen molar-refractivity contribution >= 4 is 45.7 Å². The molecule has 0 radical (unpaired) electrons. The van der Waals surface area contributed by atoms with Gasteiger partial charge in [0.25, 0.3) is 0 Å². The van der Waals surface area contributed by atoms with Gasteiger partial charge in [0, 0.05) is 49.2 Å². The summed E-state index contributed by atoms with van der Waals surface area (Å²) < 4.78 is 20.5. The van der Waals surface area contributed by atoms with Gasteiger partial charge in [0.05, 0.1) is 67.7 Å². The molecule has 16 heteroatoms. The summed E-state index contributed by atoms with van der Waals surface area (Å²) in [5.74, 6) is 2.47. The number of amides is 2. The third-order valence-electron chi connectivity index (χ3n) is 14.4. The highest BCUT2D eigenvalue weighted by Gasteiger charge is 2.40. The van der Waals surface area contributed by atoms with Crippen LogP contribution in [0.5, 0.6) is 5.75 Å². The number of rotatable bonds is 21. The van der Waals surface area contributed by atoms with E-state index >= 15 is 0 Å². The van der Waals surface area contributed by atoms with Crippen molar-refractivity contribution < 1.29 is 23.8 Å². The predicted octanol–water partition coefficient (Wildman–Crippen LogP) is 8.90. The van der Waals surface area contributed by atoms with Crippen molar-refractivity contribution in [2.45, 2.75) is 114 Å². The van der Waals surface area contributed by atoms with Crippen LogP contribution in [0, 0.1) is 5.92 Å². The minimum atomic E-state index is -0.520. The zero-order valence-electron chi connectivity index (χ0n) is 41.7. The molecule has 3 aromatic heterocycles. The summed E-state index contributed by atoms with van der Waals surface area (Å²) in [7, 11) is 5.84. The molecule has 1 saturated heterocycles. The van der Waals surface area contributed by atoms with Crippen LogP contribution in [0.15, 0.2) is 90.6 Å². The van der Waals surface area contributed by atoms with Gasteiger partial charge in [0.2, 0.25) is 17.8 Å². The number of aromatic nitrogens is 5. The van der Waals surface area contributed by atoms with Crippen molar-refractivity contribution in [1.29, 1.82) is 0 Å². The first-order chi connectivity index (χ1) is 34.7. The molecule has 15 nitrogen and oxygen atoms in total. The van der Waals surface area contributed by atoms with Crippen LogP contribution in [0.3, 0.4) is 0 Å². The molecular formula is C55H70N10O5S. The van der Waals surface area contributed by atoms with E-state index in [2.05, 4.69) is 73.7 Å². The molecule has 3 N–H and O–H groups in total. The lowest BCUT2D eigenvalue weighted by Gasteiger charge is -2.35. The molecular weight excluding hydrogens is 913 g/mol. The van der Waals surface area contributed by atoms with E-state index in [9.17, 15) is 9.59 Å². The minimum Gasteiger partial charge on any atom is -0.491 e. The second-order valence-electron chi connectivity index (χ2n) is 19.4. The lowest BCUT2D eigenvalue weighted by molar-refractivity contribution is -0.139. The molecule has 1 aliphatic heterocycles. The molecule has 3 aromatic carbocycles. The van der Waals surface area contributed by atoms with Gasteiger partial charge >= 0.3 is 0 Å². The topological polar surface area (TPSA) is 161 Å². The summed E-state index contributed by atoms with van der Waals surface area (Å²) in [4.78, 5) is 46.2. The second-order valence-corrected chi connectivity index (χ2v) is 20.3. The van der Waals surface area contributed by atoms with E-state index in [-0.39, 0.29) is 42.0 Å². The Morgan fingerprint density at radius 2 is 1.59 bits per heavy atom. The lowest BCUT2D eigenvalue weighted by atomic mass is 9.83. The van der Waals surface area contributed by atoms with Crippen LogP contribution >= 0.6 is 11.3 Å². The molecule has 4 heterocycles. The maximum atomic E-state index is 14.4. The number of likely N-dealkylation sites (N-methyl/N-ethyl adjacent to an activating group) is 1. The molecule has 2 aliphatic carbocycles. The fraction of sp³-hybridized carbons (Fsp3) is 0.491. The summed E-state index contributed by atoms with van der Waals surface area (Å²) in [6, 6.07) is 23.9. The lowest BCUT2D eigenvalue weighted by Crippen LogP contribution is -2.55. The van der Waals surface area contributed by atoms with Crippen LogP contribution in [0.2, 0.25) is 0 Å². The number of fused-ring (bicyclic) bond motifs is 1. The highest BCUT2D eigenvalue weighted by atomic mass is 32.1. The Hall–Kier alpha value is -5.94. The highest BCUT2D eigenvalue weighted by molar-refractivity contribution is 7.10. The van der Waals surface area contributed by atoms with Crippen molar-refractivity contribution in [3.63, 3.8) is 0 Å². The van der Waals surface area contributed by atoms with Gasteiger partial charge in [-0.25, -0.2) is 19.6 Å². The summed E-state index contributed by atoms with van der Waals surface area (Å²) in [6.07, 6.45) is 14.8. The third-order valence-corrected chi connectivity index (χ3v) is 15.4. The third kappa shape index (κ3) is 12.2. The van der Waals surface area contributed by atoms with Crippen molar-refractivity contribution in [2.24, 2.45) is 5.92 Å². The normalized spacial score (nSPS) is 19.4. The number of hydrogen-bond donors (Lipinski definition) is 3. The van der Waals surface area contributed by atoms with Gasteiger partial charge in [0.15, 0.2) is 0 Å². The van der Waals surface area contributed by atoms with Gasteiger partial charge in [-0.2, -0.15) is 5.10 Å². The minimum absolute atomic E-state index is 0.0252. The monoisotopic (exact) mass is 983 g/mol. The molecule has 376 valence electrons. The maximum Gasteiger partial charge on any atom is 0.246 e. The molecule has 9 rings (SSSR count). The number of anilines is 2. The number of benzene rings is 3. The molecule has 3 fully saturated rings. The van der Waals surface area contributed by atoms with Crippen LogP contribution in [0.4, 0.5) is 11.8 Å². The van der Waals surface area contributed by atoms with Gasteiger partial charge in [-0.3, -0.25) is 9.59 Å². The maximum absolute atomic E-state index is 14.4. The molecule has 71 heavy (non-hydrogen) atoms. The largest absolute Gasteiger partial charge is 0.491 e.